The largest absolute Gasteiger partial charge is 0.383 e. The fourth-order valence-corrected chi connectivity index (χ4v) is 2.06. The van der Waals surface area contributed by atoms with E-state index in [1.807, 2.05) is 42.5 Å². The van der Waals surface area contributed by atoms with Crippen molar-refractivity contribution in [3.63, 3.8) is 0 Å². The average Bonchev–Trinajstić information content (AvgIpc) is 2.47. The fraction of sp³-hybridized carbons (Fsp3) is 0. The number of aromatic nitrogens is 1. The van der Waals surface area contributed by atoms with E-state index >= 15 is 0 Å². The van der Waals surface area contributed by atoms with Gasteiger partial charge in [-0.25, -0.2) is 4.98 Å². The first kappa shape index (κ1) is 11.4. The van der Waals surface area contributed by atoms with Gasteiger partial charge < -0.3 is 5.73 Å². The Kier molecular flexibility index (Phi) is 2.72. The first-order valence-corrected chi connectivity index (χ1v) is 6.01. The number of rotatable bonds is 2. The van der Waals surface area contributed by atoms with E-state index in [-0.39, 0.29) is 11.6 Å². The van der Waals surface area contributed by atoms with Gasteiger partial charge in [0.05, 0.1) is 11.1 Å². The van der Waals surface area contributed by atoms with Crippen molar-refractivity contribution in [2.45, 2.75) is 0 Å². The molecular weight excluding hydrogens is 236 g/mol. The summed E-state index contributed by atoms with van der Waals surface area (Å²) in [6.07, 6.45) is 0. The number of nitrogen functional groups attached to an aromatic ring is 1. The highest BCUT2D eigenvalue weighted by atomic mass is 16.1. The van der Waals surface area contributed by atoms with Crippen LogP contribution in [-0.2, 0) is 0 Å². The Labute approximate surface area is 110 Å². The highest BCUT2D eigenvalue weighted by Gasteiger charge is 2.13. The summed E-state index contributed by atoms with van der Waals surface area (Å²) in [5.74, 6) is 0.170. The number of benzene rings is 2. The van der Waals surface area contributed by atoms with Gasteiger partial charge in [0.1, 0.15) is 5.82 Å². The lowest BCUT2D eigenvalue weighted by molar-refractivity contribution is 0.103. The van der Waals surface area contributed by atoms with Crippen LogP contribution in [0.15, 0.2) is 60.7 Å². The predicted molar refractivity (Wildman–Crippen MR) is 76.0 cm³/mol. The van der Waals surface area contributed by atoms with Gasteiger partial charge in [0.25, 0.3) is 0 Å². The molecule has 0 radical (unpaired) electrons. The molecule has 3 heteroatoms. The molecule has 3 nitrogen and oxygen atoms in total. The number of hydrogen-bond acceptors (Lipinski definition) is 3. The summed E-state index contributed by atoms with van der Waals surface area (Å²) in [5, 5.41) is 0.913. The molecule has 3 aromatic rings. The van der Waals surface area contributed by atoms with Crippen LogP contribution in [-0.4, -0.2) is 10.8 Å². The summed E-state index contributed by atoms with van der Waals surface area (Å²) in [6.45, 7) is 0. The van der Waals surface area contributed by atoms with Gasteiger partial charge in [0.2, 0.25) is 0 Å². The minimum absolute atomic E-state index is 0.101. The lowest BCUT2D eigenvalue weighted by Crippen LogP contribution is -2.07. The van der Waals surface area contributed by atoms with E-state index in [1.54, 1.807) is 18.2 Å². The van der Waals surface area contributed by atoms with Crippen molar-refractivity contribution in [3.05, 3.63) is 71.8 Å². The van der Waals surface area contributed by atoms with E-state index < -0.39 is 0 Å². The Morgan fingerprint density at radius 3 is 2.42 bits per heavy atom. The lowest BCUT2D eigenvalue weighted by Gasteiger charge is -2.06. The third kappa shape index (κ3) is 2.06. The van der Waals surface area contributed by atoms with E-state index in [0.29, 0.717) is 11.1 Å². The Morgan fingerprint density at radius 2 is 1.63 bits per heavy atom. The molecule has 2 aromatic carbocycles. The number of nitrogens with two attached hydrogens (primary N) is 1. The minimum Gasteiger partial charge on any atom is -0.383 e. The summed E-state index contributed by atoms with van der Waals surface area (Å²) < 4.78 is 0. The monoisotopic (exact) mass is 248 g/mol. The van der Waals surface area contributed by atoms with E-state index in [4.69, 9.17) is 5.73 Å². The van der Waals surface area contributed by atoms with E-state index in [9.17, 15) is 4.79 Å². The molecule has 0 amide bonds. The van der Waals surface area contributed by atoms with Crippen LogP contribution in [0.2, 0.25) is 0 Å². The molecule has 1 aromatic heterocycles. The summed E-state index contributed by atoms with van der Waals surface area (Å²) in [5.41, 5.74) is 7.75. The van der Waals surface area contributed by atoms with Gasteiger partial charge in [-0.05, 0) is 12.1 Å². The number of hydrogen-bond donors (Lipinski definition) is 1. The number of carbonyl (C=O) groups excluding carboxylic acids is 1. The Hall–Kier alpha value is -2.68. The maximum absolute atomic E-state index is 12.4. The number of carbonyl (C=O) groups is 1. The number of nitrogens with zero attached hydrogens (tertiary/aromatic N) is 1. The Balaban J connectivity index is 2.15. The van der Waals surface area contributed by atoms with Crippen LogP contribution in [0.3, 0.4) is 0 Å². The third-order valence-corrected chi connectivity index (χ3v) is 3.03. The molecule has 0 aliphatic carbocycles. The molecule has 2 N–H and O–H groups in total. The quantitative estimate of drug-likeness (QED) is 0.709. The van der Waals surface area contributed by atoms with Crippen LogP contribution < -0.4 is 5.73 Å². The number of anilines is 1. The Bertz CT molecular complexity index is 751. The van der Waals surface area contributed by atoms with E-state index in [1.165, 1.54) is 0 Å². The smallest absolute Gasteiger partial charge is 0.196 e. The topological polar surface area (TPSA) is 56.0 Å². The highest BCUT2D eigenvalue weighted by molar-refractivity contribution is 6.13. The van der Waals surface area contributed by atoms with Crippen molar-refractivity contribution in [2.24, 2.45) is 0 Å². The molecule has 0 aliphatic heterocycles. The second-order valence-corrected chi connectivity index (χ2v) is 4.31. The maximum atomic E-state index is 12.4. The van der Waals surface area contributed by atoms with Crippen LogP contribution >= 0.6 is 0 Å². The first-order chi connectivity index (χ1) is 9.25. The zero-order valence-corrected chi connectivity index (χ0v) is 10.2. The van der Waals surface area contributed by atoms with Gasteiger partial charge in [0, 0.05) is 10.9 Å². The van der Waals surface area contributed by atoms with Crippen molar-refractivity contribution in [3.8, 4) is 0 Å². The van der Waals surface area contributed by atoms with Crippen molar-refractivity contribution >= 4 is 22.5 Å². The first-order valence-electron chi connectivity index (χ1n) is 6.01. The van der Waals surface area contributed by atoms with Gasteiger partial charge in [0.15, 0.2) is 5.78 Å². The number of pyridine rings is 1. The van der Waals surface area contributed by atoms with Crippen LogP contribution in [0.1, 0.15) is 15.9 Å². The van der Waals surface area contributed by atoms with Gasteiger partial charge >= 0.3 is 0 Å². The summed E-state index contributed by atoms with van der Waals surface area (Å²) in [4.78, 5) is 16.7. The van der Waals surface area contributed by atoms with Crippen LogP contribution in [0, 0.1) is 0 Å². The molecular formula is C16H12N2O. The molecule has 0 aliphatic rings. The van der Waals surface area contributed by atoms with Crippen LogP contribution in [0.4, 0.5) is 5.82 Å². The summed E-state index contributed by atoms with van der Waals surface area (Å²) >= 11 is 0. The minimum atomic E-state index is -0.101. The molecule has 0 atom stereocenters. The highest BCUT2D eigenvalue weighted by Crippen LogP contribution is 2.20. The van der Waals surface area contributed by atoms with E-state index in [2.05, 4.69) is 4.98 Å². The van der Waals surface area contributed by atoms with Gasteiger partial charge in [-0.3, -0.25) is 4.79 Å². The molecule has 92 valence electrons. The number of fused-ring (bicyclic) bond motifs is 1. The fourth-order valence-electron chi connectivity index (χ4n) is 2.06. The zero-order valence-electron chi connectivity index (χ0n) is 10.2. The van der Waals surface area contributed by atoms with Crippen LogP contribution in [0.25, 0.3) is 10.9 Å². The van der Waals surface area contributed by atoms with E-state index in [0.717, 1.165) is 10.9 Å². The molecule has 0 bridgehead atoms. The summed E-state index contributed by atoms with van der Waals surface area (Å²) in [6, 6.07) is 18.5. The second kappa shape index (κ2) is 4.53. The molecule has 1 heterocycles. The van der Waals surface area contributed by atoms with Crippen LogP contribution in [0.5, 0.6) is 0 Å². The SMILES string of the molecule is Nc1nc2ccccc2cc1C(=O)c1ccccc1. The third-order valence-electron chi connectivity index (χ3n) is 3.03. The predicted octanol–water partition coefficient (Wildman–Crippen LogP) is 3.05. The van der Waals surface area contributed by atoms with Gasteiger partial charge in [-0.15, -0.1) is 0 Å². The summed E-state index contributed by atoms with van der Waals surface area (Å²) in [7, 11) is 0. The molecule has 3 rings (SSSR count). The van der Waals surface area contributed by atoms with Gasteiger partial charge in [-0.1, -0.05) is 48.5 Å². The molecule has 0 spiro atoms. The number of ketones is 1. The van der Waals surface area contributed by atoms with Crippen molar-refractivity contribution in [1.29, 1.82) is 0 Å². The lowest BCUT2D eigenvalue weighted by atomic mass is 10.0. The Morgan fingerprint density at radius 1 is 0.947 bits per heavy atom. The molecule has 0 saturated heterocycles. The number of para-hydroxylation sites is 1. The standard InChI is InChI=1S/C16H12N2O/c17-16-13(15(19)11-6-2-1-3-7-11)10-12-8-4-5-9-14(12)18-16/h1-10H,(H2,17,18). The van der Waals surface area contributed by atoms with Gasteiger partial charge in [-0.2, -0.15) is 0 Å². The maximum Gasteiger partial charge on any atom is 0.196 e. The van der Waals surface area contributed by atoms with Crippen molar-refractivity contribution in [1.82, 2.24) is 4.98 Å². The molecule has 0 fully saturated rings. The average molecular weight is 248 g/mol. The van der Waals surface area contributed by atoms with Crippen molar-refractivity contribution < 1.29 is 4.79 Å². The van der Waals surface area contributed by atoms with Crippen molar-refractivity contribution in [2.75, 3.05) is 5.73 Å². The molecule has 0 unspecified atom stereocenters. The molecule has 19 heavy (non-hydrogen) atoms. The normalized spacial score (nSPS) is 10.5. The second-order valence-electron chi connectivity index (χ2n) is 4.31. The molecule has 0 saturated carbocycles. The zero-order chi connectivity index (χ0) is 13.2.